The Morgan fingerprint density at radius 2 is 1.88 bits per heavy atom. The highest BCUT2D eigenvalue weighted by Crippen LogP contribution is 2.16. The van der Waals surface area contributed by atoms with Crippen molar-refractivity contribution >= 4 is 17.5 Å². The average Bonchev–Trinajstić information content (AvgIpc) is 2.67. The number of ether oxygens (including phenoxy) is 1. The Labute approximate surface area is 155 Å². The van der Waals surface area contributed by atoms with Gasteiger partial charge in [0.25, 0.3) is 5.91 Å². The van der Waals surface area contributed by atoms with Gasteiger partial charge in [-0.25, -0.2) is 9.37 Å². The number of aromatic nitrogens is 1. The zero-order valence-electron chi connectivity index (χ0n) is 13.8. The van der Waals surface area contributed by atoms with Gasteiger partial charge in [0.05, 0.1) is 5.56 Å². The lowest BCUT2D eigenvalue weighted by atomic mass is 10.2. The largest absolute Gasteiger partial charge is 0.473 e. The van der Waals surface area contributed by atoms with Crippen molar-refractivity contribution in [3.63, 3.8) is 0 Å². The van der Waals surface area contributed by atoms with Crippen molar-refractivity contribution in [3.05, 3.63) is 94.4 Å². The summed E-state index contributed by atoms with van der Waals surface area (Å²) in [6, 6.07) is 17.1. The maximum absolute atomic E-state index is 13.7. The molecule has 3 aromatic rings. The fourth-order valence-electron chi connectivity index (χ4n) is 2.32. The molecule has 132 valence electrons. The molecule has 0 saturated carbocycles. The fraction of sp³-hybridized carbons (Fsp3) is 0.100. The summed E-state index contributed by atoms with van der Waals surface area (Å²) in [4.78, 5) is 16.3. The number of carbonyl (C=O) groups is 1. The second-order valence-electron chi connectivity index (χ2n) is 5.58. The van der Waals surface area contributed by atoms with Crippen LogP contribution in [0.15, 0.2) is 66.9 Å². The molecule has 1 heterocycles. The molecular formula is C20H16ClFN2O2. The van der Waals surface area contributed by atoms with E-state index in [1.54, 1.807) is 18.3 Å². The van der Waals surface area contributed by atoms with E-state index in [-0.39, 0.29) is 12.1 Å². The summed E-state index contributed by atoms with van der Waals surface area (Å²) in [5.74, 6) is -0.698. The van der Waals surface area contributed by atoms with Gasteiger partial charge in [-0.15, -0.1) is 0 Å². The van der Waals surface area contributed by atoms with Gasteiger partial charge in [0.2, 0.25) is 5.88 Å². The van der Waals surface area contributed by atoms with Crippen LogP contribution in [-0.2, 0) is 13.2 Å². The number of benzene rings is 2. The summed E-state index contributed by atoms with van der Waals surface area (Å²) in [6.07, 6.45) is 1.60. The number of halogens is 2. The molecule has 2 aromatic carbocycles. The molecule has 26 heavy (non-hydrogen) atoms. The first kappa shape index (κ1) is 17.9. The minimum Gasteiger partial charge on any atom is -0.473 e. The zero-order valence-corrected chi connectivity index (χ0v) is 14.5. The number of rotatable bonds is 6. The number of nitrogens with zero attached hydrogens (tertiary/aromatic N) is 1. The van der Waals surface area contributed by atoms with Gasteiger partial charge in [-0.3, -0.25) is 4.79 Å². The molecule has 1 amide bonds. The Balaban J connectivity index is 1.60. The van der Waals surface area contributed by atoms with Gasteiger partial charge >= 0.3 is 0 Å². The fourth-order valence-corrected chi connectivity index (χ4v) is 2.49. The van der Waals surface area contributed by atoms with E-state index in [2.05, 4.69) is 10.3 Å². The normalized spacial score (nSPS) is 10.4. The summed E-state index contributed by atoms with van der Waals surface area (Å²) in [7, 11) is 0. The molecule has 0 atom stereocenters. The van der Waals surface area contributed by atoms with Crippen LogP contribution in [0.5, 0.6) is 5.88 Å². The van der Waals surface area contributed by atoms with Crippen LogP contribution < -0.4 is 10.1 Å². The van der Waals surface area contributed by atoms with Crippen molar-refractivity contribution < 1.29 is 13.9 Å². The summed E-state index contributed by atoms with van der Waals surface area (Å²) in [5, 5.41) is 2.97. The van der Waals surface area contributed by atoms with Crippen molar-refractivity contribution in [1.82, 2.24) is 10.3 Å². The van der Waals surface area contributed by atoms with Gasteiger partial charge < -0.3 is 10.1 Å². The number of hydrogen-bond donors (Lipinski definition) is 1. The molecule has 0 unspecified atom stereocenters. The van der Waals surface area contributed by atoms with Crippen LogP contribution in [0.2, 0.25) is 5.02 Å². The summed E-state index contributed by atoms with van der Waals surface area (Å²) >= 11 is 5.81. The van der Waals surface area contributed by atoms with E-state index in [0.29, 0.717) is 17.5 Å². The first-order valence-electron chi connectivity index (χ1n) is 7.97. The molecule has 0 bridgehead atoms. The number of pyridine rings is 1. The van der Waals surface area contributed by atoms with E-state index < -0.39 is 11.7 Å². The van der Waals surface area contributed by atoms with E-state index in [1.165, 1.54) is 18.2 Å². The van der Waals surface area contributed by atoms with Gasteiger partial charge in [-0.05, 0) is 35.4 Å². The average molecular weight is 371 g/mol. The minimum atomic E-state index is -0.617. The third-order valence-corrected chi connectivity index (χ3v) is 3.89. The molecule has 1 aromatic heterocycles. The Morgan fingerprint density at radius 1 is 1.08 bits per heavy atom. The Bertz CT molecular complexity index is 903. The van der Waals surface area contributed by atoms with Crippen molar-refractivity contribution in [2.24, 2.45) is 0 Å². The van der Waals surface area contributed by atoms with Crippen LogP contribution >= 0.6 is 11.6 Å². The highest BCUT2D eigenvalue weighted by molar-refractivity contribution is 6.31. The van der Waals surface area contributed by atoms with Gasteiger partial charge in [0.15, 0.2) is 0 Å². The van der Waals surface area contributed by atoms with E-state index in [4.69, 9.17) is 16.3 Å². The first-order chi connectivity index (χ1) is 12.6. The second kappa shape index (κ2) is 8.45. The monoisotopic (exact) mass is 370 g/mol. The lowest BCUT2D eigenvalue weighted by Gasteiger charge is -2.09. The predicted octanol–water partition coefficient (Wildman–Crippen LogP) is 4.38. The second-order valence-corrected chi connectivity index (χ2v) is 6.02. The molecule has 0 fully saturated rings. The van der Waals surface area contributed by atoms with Crippen molar-refractivity contribution in [1.29, 1.82) is 0 Å². The van der Waals surface area contributed by atoms with E-state index >= 15 is 0 Å². The van der Waals surface area contributed by atoms with Gasteiger partial charge in [0, 0.05) is 23.8 Å². The van der Waals surface area contributed by atoms with E-state index in [1.807, 2.05) is 30.3 Å². The maximum Gasteiger partial charge on any atom is 0.254 e. The van der Waals surface area contributed by atoms with Crippen molar-refractivity contribution in [3.8, 4) is 5.88 Å². The Hall–Kier alpha value is -2.92. The van der Waals surface area contributed by atoms with Crippen LogP contribution in [-0.4, -0.2) is 10.9 Å². The van der Waals surface area contributed by atoms with Crippen LogP contribution in [0.1, 0.15) is 21.5 Å². The topological polar surface area (TPSA) is 51.2 Å². The molecule has 0 aliphatic rings. The Kier molecular flexibility index (Phi) is 5.81. The lowest BCUT2D eigenvalue weighted by molar-refractivity contribution is 0.0947. The molecule has 0 spiro atoms. The predicted molar refractivity (Wildman–Crippen MR) is 97.6 cm³/mol. The summed E-state index contributed by atoms with van der Waals surface area (Å²) in [5.41, 5.74) is 1.73. The standard InChI is InChI=1S/C20H16ClFN2O2/c21-16-6-7-18(22)17(11-16)20(25)24-12-15-8-9-23-19(10-15)26-13-14-4-2-1-3-5-14/h1-11H,12-13H2,(H,24,25). The third kappa shape index (κ3) is 4.80. The van der Waals surface area contributed by atoms with Crippen LogP contribution in [0.25, 0.3) is 0 Å². The summed E-state index contributed by atoms with van der Waals surface area (Å²) in [6.45, 7) is 0.617. The highest BCUT2D eigenvalue weighted by atomic mass is 35.5. The lowest BCUT2D eigenvalue weighted by Crippen LogP contribution is -2.23. The number of hydrogen-bond acceptors (Lipinski definition) is 3. The quantitative estimate of drug-likeness (QED) is 0.700. The SMILES string of the molecule is O=C(NCc1ccnc(OCc2ccccc2)c1)c1cc(Cl)ccc1F. The third-order valence-electron chi connectivity index (χ3n) is 3.65. The number of carbonyl (C=O) groups excluding carboxylic acids is 1. The molecule has 1 N–H and O–H groups in total. The maximum atomic E-state index is 13.7. The molecule has 4 nitrogen and oxygen atoms in total. The van der Waals surface area contributed by atoms with Crippen LogP contribution in [0.4, 0.5) is 4.39 Å². The zero-order chi connectivity index (χ0) is 18.4. The smallest absolute Gasteiger partial charge is 0.254 e. The number of nitrogens with one attached hydrogen (secondary N) is 1. The van der Waals surface area contributed by atoms with Crippen molar-refractivity contribution in [2.75, 3.05) is 0 Å². The van der Waals surface area contributed by atoms with E-state index in [9.17, 15) is 9.18 Å². The first-order valence-corrected chi connectivity index (χ1v) is 8.34. The molecule has 0 aliphatic carbocycles. The van der Waals surface area contributed by atoms with Crippen LogP contribution in [0.3, 0.4) is 0 Å². The molecular weight excluding hydrogens is 355 g/mol. The molecule has 3 rings (SSSR count). The minimum absolute atomic E-state index is 0.0906. The summed E-state index contributed by atoms with van der Waals surface area (Å²) < 4.78 is 19.4. The molecule has 0 saturated heterocycles. The van der Waals surface area contributed by atoms with Crippen molar-refractivity contribution in [2.45, 2.75) is 13.2 Å². The molecule has 0 aliphatic heterocycles. The van der Waals surface area contributed by atoms with Gasteiger partial charge in [-0.2, -0.15) is 0 Å². The number of amides is 1. The molecule has 0 radical (unpaired) electrons. The highest BCUT2D eigenvalue weighted by Gasteiger charge is 2.12. The van der Waals surface area contributed by atoms with Crippen LogP contribution in [0, 0.1) is 5.82 Å². The van der Waals surface area contributed by atoms with E-state index in [0.717, 1.165) is 11.1 Å². The van der Waals surface area contributed by atoms with Gasteiger partial charge in [-0.1, -0.05) is 41.9 Å². The molecule has 6 heteroatoms. The Morgan fingerprint density at radius 3 is 2.69 bits per heavy atom. The van der Waals surface area contributed by atoms with Gasteiger partial charge in [0.1, 0.15) is 12.4 Å².